The summed E-state index contributed by atoms with van der Waals surface area (Å²) < 4.78 is 0. The first-order chi connectivity index (χ1) is 14.2. The quantitative estimate of drug-likeness (QED) is 0.527. The summed E-state index contributed by atoms with van der Waals surface area (Å²) >= 11 is 0. The van der Waals surface area contributed by atoms with E-state index in [1.54, 1.807) is 12.4 Å². The maximum atomic E-state index is 12.1. The number of nitrogens with one attached hydrogen (secondary N) is 2. The predicted molar refractivity (Wildman–Crippen MR) is 114 cm³/mol. The number of fused-ring (bicyclic) bond motifs is 1. The zero-order valence-electron chi connectivity index (χ0n) is 16.1. The van der Waals surface area contributed by atoms with Gasteiger partial charge in [-0.1, -0.05) is 29.8 Å². The normalized spacial score (nSPS) is 10.7. The monoisotopic (exact) mass is 383 g/mol. The Labute approximate surface area is 169 Å². The second kappa shape index (κ2) is 8.48. The Morgan fingerprint density at radius 3 is 2.76 bits per heavy atom. The van der Waals surface area contributed by atoms with Gasteiger partial charge in [0.1, 0.15) is 0 Å². The molecule has 2 aromatic carbocycles. The van der Waals surface area contributed by atoms with Crippen molar-refractivity contribution in [2.45, 2.75) is 19.9 Å². The topological polar surface area (TPSA) is 79.8 Å². The van der Waals surface area contributed by atoms with Gasteiger partial charge in [-0.05, 0) is 48.4 Å². The molecule has 2 N–H and O–H groups in total. The van der Waals surface area contributed by atoms with E-state index >= 15 is 0 Å². The lowest BCUT2D eigenvalue weighted by Crippen LogP contribution is -2.24. The van der Waals surface area contributed by atoms with Gasteiger partial charge in [-0.25, -0.2) is 9.97 Å². The maximum absolute atomic E-state index is 12.1. The number of hydrogen-bond acceptors (Lipinski definition) is 5. The molecule has 4 rings (SSSR count). The number of anilines is 2. The largest absolute Gasteiger partial charge is 0.352 e. The number of benzene rings is 2. The van der Waals surface area contributed by atoms with E-state index in [1.165, 1.54) is 5.56 Å². The van der Waals surface area contributed by atoms with E-state index in [0.29, 0.717) is 18.9 Å². The van der Waals surface area contributed by atoms with Gasteiger partial charge >= 0.3 is 0 Å². The van der Waals surface area contributed by atoms with Crippen molar-refractivity contribution in [2.75, 3.05) is 5.32 Å². The fourth-order valence-electron chi connectivity index (χ4n) is 3.05. The summed E-state index contributed by atoms with van der Waals surface area (Å²) in [6, 6.07) is 17.6. The van der Waals surface area contributed by atoms with Crippen LogP contribution in [-0.2, 0) is 17.8 Å². The summed E-state index contributed by atoms with van der Waals surface area (Å²) in [6.45, 7) is 2.50. The molecule has 0 unspecified atom stereocenters. The van der Waals surface area contributed by atoms with Gasteiger partial charge in [0, 0.05) is 36.2 Å². The van der Waals surface area contributed by atoms with E-state index in [2.05, 4.69) is 31.7 Å². The minimum Gasteiger partial charge on any atom is -0.352 e. The third kappa shape index (κ3) is 4.93. The third-order valence-corrected chi connectivity index (χ3v) is 4.50. The van der Waals surface area contributed by atoms with Gasteiger partial charge in [-0.2, -0.15) is 0 Å². The Morgan fingerprint density at radius 2 is 1.90 bits per heavy atom. The van der Waals surface area contributed by atoms with Crippen LogP contribution in [-0.4, -0.2) is 20.9 Å². The van der Waals surface area contributed by atoms with Crippen molar-refractivity contribution in [3.63, 3.8) is 0 Å². The number of hydrogen-bond donors (Lipinski definition) is 2. The highest BCUT2D eigenvalue weighted by Crippen LogP contribution is 2.18. The highest BCUT2D eigenvalue weighted by molar-refractivity contribution is 5.80. The Hall–Kier alpha value is -3.80. The first-order valence-electron chi connectivity index (χ1n) is 9.41. The van der Waals surface area contributed by atoms with Crippen molar-refractivity contribution < 1.29 is 4.79 Å². The lowest BCUT2D eigenvalue weighted by molar-refractivity contribution is -0.120. The minimum absolute atomic E-state index is 0.0375. The molecule has 4 aromatic rings. The zero-order valence-corrected chi connectivity index (χ0v) is 16.1. The summed E-state index contributed by atoms with van der Waals surface area (Å²) in [6.07, 6.45) is 5.53. The van der Waals surface area contributed by atoms with Crippen molar-refractivity contribution in [1.82, 2.24) is 20.3 Å². The summed E-state index contributed by atoms with van der Waals surface area (Å²) in [5, 5.41) is 7.19. The van der Waals surface area contributed by atoms with Gasteiger partial charge in [-0.3, -0.25) is 9.78 Å². The molecule has 144 valence electrons. The molecule has 0 fully saturated rings. The van der Waals surface area contributed by atoms with Gasteiger partial charge in [-0.15, -0.1) is 0 Å². The van der Waals surface area contributed by atoms with Gasteiger partial charge in [0.2, 0.25) is 11.9 Å². The Balaban J connectivity index is 1.39. The SMILES string of the molecule is Cc1ccc2nc(Nc3cccc(CNC(=O)Cc4cccnc4)c3)ncc2c1. The molecule has 0 aliphatic heterocycles. The highest BCUT2D eigenvalue weighted by Gasteiger charge is 2.05. The van der Waals surface area contributed by atoms with E-state index in [9.17, 15) is 4.79 Å². The van der Waals surface area contributed by atoms with E-state index in [4.69, 9.17) is 0 Å². The summed E-state index contributed by atoms with van der Waals surface area (Å²) in [5.74, 6) is 0.503. The maximum Gasteiger partial charge on any atom is 0.227 e. The molecule has 1 amide bonds. The molecule has 6 nitrogen and oxygen atoms in total. The molecule has 0 saturated carbocycles. The van der Waals surface area contributed by atoms with Crippen LogP contribution in [0.3, 0.4) is 0 Å². The van der Waals surface area contributed by atoms with Crippen LogP contribution in [0.2, 0.25) is 0 Å². The van der Waals surface area contributed by atoms with Crippen LogP contribution < -0.4 is 10.6 Å². The van der Waals surface area contributed by atoms with Gasteiger partial charge in [0.25, 0.3) is 0 Å². The van der Waals surface area contributed by atoms with Crippen LogP contribution in [0.15, 0.2) is 73.2 Å². The predicted octanol–water partition coefficient (Wildman–Crippen LogP) is 3.94. The number of rotatable bonds is 6. The van der Waals surface area contributed by atoms with Gasteiger partial charge in [0.05, 0.1) is 11.9 Å². The van der Waals surface area contributed by atoms with Crippen LogP contribution in [0.5, 0.6) is 0 Å². The second-order valence-corrected chi connectivity index (χ2v) is 6.90. The van der Waals surface area contributed by atoms with Crippen LogP contribution in [0.4, 0.5) is 11.6 Å². The van der Waals surface area contributed by atoms with Crippen molar-refractivity contribution >= 4 is 28.4 Å². The van der Waals surface area contributed by atoms with Crippen molar-refractivity contribution in [2.24, 2.45) is 0 Å². The lowest BCUT2D eigenvalue weighted by atomic mass is 10.1. The number of carbonyl (C=O) groups excluding carboxylic acids is 1. The molecule has 0 aliphatic carbocycles. The molecule has 0 spiro atoms. The average molecular weight is 383 g/mol. The van der Waals surface area contributed by atoms with Crippen molar-refractivity contribution in [3.8, 4) is 0 Å². The molecular formula is C23H21N5O. The van der Waals surface area contributed by atoms with Crippen molar-refractivity contribution in [1.29, 1.82) is 0 Å². The van der Waals surface area contributed by atoms with Crippen LogP contribution in [0.25, 0.3) is 10.9 Å². The van der Waals surface area contributed by atoms with Crippen molar-refractivity contribution in [3.05, 3.63) is 89.9 Å². The van der Waals surface area contributed by atoms with E-state index in [1.807, 2.05) is 61.7 Å². The standard InChI is InChI=1S/C23H21N5O/c1-16-7-8-21-19(10-16)15-26-23(28-21)27-20-6-2-4-17(11-20)14-25-22(29)12-18-5-3-9-24-13-18/h2-11,13,15H,12,14H2,1H3,(H,25,29)(H,26,27,28). The van der Waals surface area contributed by atoms with E-state index < -0.39 is 0 Å². The van der Waals surface area contributed by atoms with Crippen LogP contribution in [0.1, 0.15) is 16.7 Å². The fraction of sp³-hybridized carbons (Fsp3) is 0.130. The molecule has 0 saturated heterocycles. The zero-order chi connectivity index (χ0) is 20.1. The Bertz CT molecular complexity index is 1140. The van der Waals surface area contributed by atoms with Crippen LogP contribution in [0, 0.1) is 6.92 Å². The lowest BCUT2D eigenvalue weighted by Gasteiger charge is -2.09. The number of amides is 1. The molecule has 0 atom stereocenters. The molecule has 0 bridgehead atoms. The molecule has 2 aromatic heterocycles. The molecule has 2 heterocycles. The van der Waals surface area contributed by atoms with E-state index in [0.717, 1.165) is 27.7 Å². The third-order valence-electron chi connectivity index (χ3n) is 4.50. The number of pyridine rings is 1. The summed E-state index contributed by atoms with van der Waals surface area (Å²) in [5.41, 5.74) is 4.83. The number of aryl methyl sites for hydroxylation is 1. The van der Waals surface area contributed by atoms with E-state index in [-0.39, 0.29) is 5.91 Å². The minimum atomic E-state index is -0.0375. The first kappa shape index (κ1) is 18.6. The summed E-state index contributed by atoms with van der Waals surface area (Å²) in [7, 11) is 0. The molecule has 0 radical (unpaired) electrons. The second-order valence-electron chi connectivity index (χ2n) is 6.90. The Morgan fingerprint density at radius 1 is 1.00 bits per heavy atom. The molecule has 29 heavy (non-hydrogen) atoms. The highest BCUT2D eigenvalue weighted by atomic mass is 16.1. The number of nitrogens with zero attached hydrogens (tertiary/aromatic N) is 3. The smallest absolute Gasteiger partial charge is 0.227 e. The fourth-order valence-corrected chi connectivity index (χ4v) is 3.05. The molecule has 0 aliphatic rings. The first-order valence-corrected chi connectivity index (χ1v) is 9.41. The molecular weight excluding hydrogens is 362 g/mol. The van der Waals surface area contributed by atoms with Gasteiger partial charge in [0.15, 0.2) is 0 Å². The molecule has 6 heteroatoms. The van der Waals surface area contributed by atoms with Gasteiger partial charge < -0.3 is 10.6 Å². The summed E-state index contributed by atoms with van der Waals surface area (Å²) in [4.78, 5) is 25.1. The van der Waals surface area contributed by atoms with Crippen LogP contribution >= 0.6 is 0 Å². The average Bonchev–Trinajstić information content (AvgIpc) is 2.73. The Kier molecular flexibility index (Phi) is 5.42. The number of aromatic nitrogens is 3. The number of carbonyl (C=O) groups is 1.